The third-order valence-corrected chi connectivity index (χ3v) is 1.82. The molecule has 0 unspecified atom stereocenters. The topological polar surface area (TPSA) is 55.1 Å². The van der Waals surface area contributed by atoms with Crippen LogP contribution in [-0.4, -0.2) is 10.9 Å². The molecule has 0 saturated carbocycles. The molecule has 0 spiro atoms. The SMILES string of the molecule is CC(=O)Nc1ccc2nc(C)oc2c1. The van der Waals surface area contributed by atoms with Gasteiger partial charge in [0.15, 0.2) is 11.5 Å². The van der Waals surface area contributed by atoms with E-state index in [2.05, 4.69) is 10.3 Å². The Bertz CT molecular complexity index is 488. The molecule has 0 aliphatic rings. The van der Waals surface area contributed by atoms with E-state index in [0.29, 0.717) is 11.5 Å². The number of carbonyl (C=O) groups excluding carboxylic acids is 1. The van der Waals surface area contributed by atoms with Crippen LogP contribution in [0.1, 0.15) is 12.8 Å². The van der Waals surface area contributed by atoms with Gasteiger partial charge in [-0.15, -0.1) is 0 Å². The molecule has 0 bridgehead atoms. The number of anilines is 1. The first kappa shape index (κ1) is 8.74. The Morgan fingerprint density at radius 1 is 1.50 bits per heavy atom. The zero-order valence-corrected chi connectivity index (χ0v) is 8.00. The smallest absolute Gasteiger partial charge is 0.221 e. The van der Waals surface area contributed by atoms with Crippen molar-refractivity contribution in [3.63, 3.8) is 0 Å². The molecule has 72 valence electrons. The first-order valence-electron chi connectivity index (χ1n) is 4.30. The van der Waals surface area contributed by atoms with Gasteiger partial charge in [0.2, 0.25) is 5.91 Å². The monoisotopic (exact) mass is 190 g/mol. The molecule has 2 aromatic rings. The molecule has 0 saturated heterocycles. The highest BCUT2D eigenvalue weighted by Gasteiger charge is 2.03. The fraction of sp³-hybridized carbons (Fsp3) is 0.200. The first-order chi connectivity index (χ1) is 6.65. The minimum Gasteiger partial charge on any atom is -0.441 e. The van der Waals surface area contributed by atoms with Gasteiger partial charge in [-0.25, -0.2) is 4.98 Å². The normalized spacial score (nSPS) is 10.4. The Morgan fingerprint density at radius 3 is 3.00 bits per heavy atom. The summed E-state index contributed by atoms with van der Waals surface area (Å²) in [5.41, 5.74) is 2.21. The fourth-order valence-electron chi connectivity index (χ4n) is 1.32. The second kappa shape index (κ2) is 3.14. The Morgan fingerprint density at radius 2 is 2.29 bits per heavy atom. The van der Waals surface area contributed by atoms with Crippen molar-refractivity contribution in [2.24, 2.45) is 0 Å². The number of oxazole rings is 1. The van der Waals surface area contributed by atoms with Crippen LogP contribution in [0.25, 0.3) is 11.1 Å². The number of amides is 1. The second-order valence-corrected chi connectivity index (χ2v) is 3.10. The summed E-state index contributed by atoms with van der Waals surface area (Å²) in [6.07, 6.45) is 0. The van der Waals surface area contributed by atoms with E-state index in [1.54, 1.807) is 19.1 Å². The highest BCUT2D eigenvalue weighted by atomic mass is 16.3. The Kier molecular flexibility index (Phi) is 1.96. The van der Waals surface area contributed by atoms with Crippen molar-refractivity contribution in [1.82, 2.24) is 4.98 Å². The number of benzene rings is 1. The minimum absolute atomic E-state index is 0.0967. The van der Waals surface area contributed by atoms with E-state index in [-0.39, 0.29) is 5.91 Å². The van der Waals surface area contributed by atoms with Crippen LogP contribution in [0.4, 0.5) is 5.69 Å². The van der Waals surface area contributed by atoms with E-state index in [9.17, 15) is 4.79 Å². The summed E-state index contributed by atoms with van der Waals surface area (Å²) in [7, 11) is 0. The molecular formula is C10H10N2O2. The molecule has 1 aromatic carbocycles. The predicted octanol–water partition coefficient (Wildman–Crippen LogP) is 2.09. The lowest BCUT2D eigenvalue weighted by Crippen LogP contribution is -2.05. The molecule has 0 atom stereocenters. The lowest BCUT2D eigenvalue weighted by atomic mass is 10.3. The van der Waals surface area contributed by atoms with E-state index in [1.165, 1.54) is 6.92 Å². The van der Waals surface area contributed by atoms with Crippen molar-refractivity contribution in [2.75, 3.05) is 5.32 Å². The molecule has 4 nitrogen and oxygen atoms in total. The molecule has 0 radical (unpaired) electrons. The van der Waals surface area contributed by atoms with Gasteiger partial charge in [-0.3, -0.25) is 4.79 Å². The summed E-state index contributed by atoms with van der Waals surface area (Å²) in [6.45, 7) is 3.26. The minimum atomic E-state index is -0.0967. The quantitative estimate of drug-likeness (QED) is 0.749. The van der Waals surface area contributed by atoms with Gasteiger partial charge in [0.1, 0.15) is 5.52 Å². The van der Waals surface area contributed by atoms with E-state index < -0.39 is 0 Å². The molecule has 0 aliphatic heterocycles. The molecule has 0 aliphatic carbocycles. The number of hydrogen-bond donors (Lipinski definition) is 1. The Labute approximate surface area is 80.9 Å². The van der Waals surface area contributed by atoms with E-state index in [0.717, 1.165) is 11.2 Å². The van der Waals surface area contributed by atoms with Gasteiger partial charge >= 0.3 is 0 Å². The molecule has 1 N–H and O–H groups in total. The van der Waals surface area contributed by atoms with Crippen LogP contribution in [0.3, 0.4) is 0 Å². The van der Waals surface area contributed by atoms with Gasteiger partial charge in [-0.05, 0) is 12.1 Å². The maximum atomic E-state index is 10.8. The average molecular weight is 190 g/mol. The molecule has 0 fully saturated rings. The van der Waals surface area contributed by atoms with Crippen molar-refractivity contribution in [1.29, 1.82) is 0 Å². The van der Waals surface area contributed by atoms with Crippen LogP contribution < -0.4 is 5.32 Å². The zero-order valence-electron chi connectivity index (χ0n) is 8.00. The zero-order chi connectivity index (χ0) is 10.1. The van der Waals surface area contributed by atoms with Crippen molar-refractivity contribution in [2.45, 2.75) is 13.8 Å². The van der Waals surface area contributed by atoms with Crippen LogP contribution >= 0.6 is 0 Å². The summed E-state index contributed by atoms with van der Waals surface area (Å²) in [6, 6.07) is 5.37. The van der Waals surface area contributed by atoms with Crippen molar-refractivity contribution in [3.05, 3.63) is 24.1 Å². The number of aryl methyl sites for hydroxylation is 1. The molecule has 1 aromatic heterocycles. The summed E-state index contributed by atoms with van der Waals surface area (Å²) >= 11 is 0. The van der Waals surface area contributed by atoms with Crippen LogP contribution in [0, 0.1) is 6.92 Å². The highest BCUT2D eigenvalue weighted by Crippen LogP contribution is 2.19. The van der Waals surface area contributed by atoms with E-state index in [4.69, 9.17) is 4.42 Å². The van der Waals surface area contributed by atoms with Gasteiger partial charge in [-0.1, -0.05) is 0 Å². The van der Waals surface area contributed by atoms with E-state index in [1.807, 2.05) is 6.07 Å². The van der Waals surface area contributed by atoms with Crippen molar-refractivity contribution in [3.8, 4) is 0 Å². The number of nitrogens with zero attached hydrogens (tertiary/aromatic N) is 1. The highest BCUT2D eigenvalue weighted by molar-refractivity contribution is 5.91. The molecular weight excluding hydrogens is 180 g/mol. The second-order valence-electron chi connectivity index (χ2n) is 3.10. The van der Waals surface area contributed by atoms with Gasteiger partial charge in [-0.2, -0.15) is 0 Å². The van der Waals surface area contributed by atoms with Gasteiger partial charge < -0.3 is 9.73 Å². The molecule has 4 heteroatoms. The number of carbonyl (C=O) groups is 1. The number of nitrogens with one attached hydrogen (secondary N) is 1. The Hall–Kier alpha value is -1.84. The molecule has 2 rings (SSSR count). The number of hydrogen-bond acceptors (Lipinski definition) is 3. The third-order valence-electron chi connectivity index (χ3n) is 1.82. The van der Waals surface area contributed by atoms with Crippen molar-refractivity contribution < 1.29 is 9.21 Å². The van der Waals surface area contributed by atoms with Crippen LogP contribution in [-0.2, 0) is 4.79 Å². The average Bonchev–Trinajstić information content (AvgIpc) is 2.42. The van der Waals surface area contributed by atoms with Gasteiger partial charge in [0, 0.05) is 25.6 Å². The maximum Gasteiger partial charge on any atom is 0.221 e. The predicted molar refractivity (Wildman–Crippen MR) is 53.0 cm³/mol. The number of fused-ring (bicyclic) bond motifs is 1. The van der Waals surface area contributed by atoms with E-state index >= 15 is 0 Å². The molecule has 1 amide bonds. The van der Waals surface area contributed by atoms with Crippen LogP contribution in [0.2, 0.25) is 0 Å². The lowest BCUT2D eigenvalue weighted by Gasteiger charge is -1.99. The third kappa shape index (κ3) is 1.59. The van der Waals surface area contributed by atoms with Crippen LogP contribution in [0.15, 0.2) is 22.6 Å². The number of aromatic nitrogens is 1. The summed E-state index contributed by atoms with van der Waals surface area (Å²) in [5.74, 6) is 0.528. The van der Waals surface area contributed by atoms with Crippen molar-refractivity contribution >= 4 is 22.7 Å². The molecule has 1 heterocycles. The summed E-state index contributed by atoms with van der Waals surface area (Å²) < 4.78 is 5.33. The lowest BCUT2D eigenvalue weighted by molar-refractivity contribution is -0.114. The van der Waals surface area contributed by atoms with Gasteiger partial charge in [0.25, 0.3) is 0 Å². The molecule has 14 heavy (non-hydrogen) atoms. The largest absolute Gasteiger partial charge is 0.441 e. The summed E-state index contributed by atoms with van der Waals surface area (Å²) in [4.78, 5) is 15.0. The number of rotatable bonds is 1. The first-order valence-corrected chi connectivity index (χ1v) is 4.30. The Balaban J connectivity index is 2.45. The van der Waals surface area contributed by atoms with Gasteiger partial charge in [0.05, 0.1) is 0 Å². The standard InChI is InChI=1S/C10H10N2O2/c1-6(13)11-8-3-4-9-10(5-8)14-7(2)12-9/h3-5H,1-2H3,(H,11,13). The maximum absolute atomic E-state index is 10.8. The summed E-state index contributed by atoms with van der Waals surface area (Å²) in [5, 5.41) is 2.68. The fourth-order valence-corrected chi connectivity index (χ4v) is 1.32. The van der Waals surface area contributed by atoms with Crippen LogP contribution in [0.5, 0.6) is 0 Å².